The molecule has 0 aliphatic rings. The third-order valence-electron chi connectivity index (χ3n) is 2.34. The Morgan fingerprint density at radius 3 is 2.44 bits per heavy atom. The Morgan fingerprint density at radius 1 is 1.06 bits per heavy atom. The van der Waals surface area contributed by atoms with Gasteiger partial charge in [0.25, 0.3) is 0 Å². The van der Waals surface area contributed by atoms with E-state index in [1.54, 1.807) is 35.8 Å². The van der Waals surface area contributed by atoms with Gasteiger partial charge in [0, 0.05) is 37.8 Å². The zero-order valence-electron chi connectivity index (χ0n) is 8.63. The van der Waals surface area contributed by atoms with Crippen molar-refractivity contribution in [3.8, 4) is 0 Å². The van der Waals surface area contributed by atoms with Crippen LogP contribution >= 0.6 is 23.2 Å². The maximum atomic E-state index is 6.21. The summed E-state index contributed by atoms with van der Waals surface area (Å²) >= 11 is 12.4. The molecule has 0 aliphatic carbocycles. The minimum absolute atomic E-state index is 0.657. The largest absolute Gasteiger partial charge is 0.337 e. The second-order valence-electron chi connectivity index (χ2n) is 3.54. The molecule has 0 fully saturated rings. The highest BCUT2D eigenvalue weighted by atomic mass is 35.5. The average Bonchev–Trinajstić information content (AvgIpc) is 2.90. The normalized spacial score (nSPS) is 11.9. The van der Waals surface area contributed by atoms with Crippen LogP contribution in [-0.4, -0.2) is 19.1 Å². The number of rotatable bonds is 5. The lowest BCUT2D eigenvalue weighted by atomic mass is 10.3. The highest BCUT2D eigenvalue weighted by Crippen LogP contribution is 2.32. The molecule has 4 nitrogen and oxygen atoms in total. The molecule has 2 heterocycles. The molecule has 0 spiro atoms. The summed E-state index contributed by atoms with van der Waals surface area (Å²) in [7, 11) is 0. The van der Waals surface area contributed by atoms with Crippen molar-refractivity contribution in [2.45, 2.75) is 23.8 Å². The lowest BCUT2D eigenvalue weighted by Crippen LogP contribution is -2.19. The fraction of sp³-hybridized carbons (Fsp3) is 0.400. The highest BCUT2D eigenvalue weighted by molar-refractivity contribution is 6.45. The molecule has 0 amide bonds. The van der Waals surface area contributed by atoms with Gasteiger partial charge in [-0.25, -0.2) is 9.97 Å². The van der Waals surface area contributed by atoms with Gasteiger partial charge in [-0.3, -0.25) is 0 Å². The first kappa shape index (κ1) is 11.5. The molecule has 0 N–H and O–H groups in total. The van der Waals surface area contributed by atoms with E-state index in [2.05, 4.69) is 9.97 Å². The lowest BCUT2D eigenvalue weighted by Gasteiger charge is -2.20. The first-order valence-electron chi connectivity index (χ1n) is 5.00. The summed E-state index contributed by atoms with van der Waals surface area (Å²) in [6.07, 6.45) is 12.0. The number of hydrogen-bond acceptors (Lipinski definition) is 2. The van der Waals surface area contributed by atoms with Gasteiger partial charge in [0.2, 0.25) is 0 Å². The topological polar surface area (TPSA) is 35.6 Å². The smallest absolute Gasteiger partial charge is 0.195 e. The summed E-state index contributed by atoms with van der Waals surface area (Å²) in [5, 5.41) is 0. The Morgan fingerprint density at radius 2 is 1.81 bits per heavy atom. The monoisotopic (exact) mass is 258 g/mol. The SMILES string of the molecule is ClC(Cl)(CCCn1ccnc1)n1ccnc1. The molecule has 0 saturated carbocycles. The molecule has 0 aromatic carbocycles. The van der Waals surface area contributed by atoms with E-state index in [4.69, 9.17) is 23.2 Å². The summed E-state index contributed by atoms with van der Waals surface area (Å²) in [4.78, 5) is 7.89. The molecule has 0 saturated heterocycles. The Hall–Kier alpha value is -1.00. The van der Waals surface area contributed by atoms with Gasteiger partial charge in [-0.1, -0.05) is 23.2 Å². The molecule has 16 heavy (non-hydrogen) atoms. The van der Waals surface area contributed by atoms with Crippen molar-refractivity contribution < 1.29 is 0 Å². The zero-order valence-corrected chi connectivity index (χ0v) is 10.1. The third kappa shape index (κ3) is 2.77. The van der Waals surface area contributed by atoms with Gasteiger partial charge in [0.05, 0.1) is 12.7 Å². The second-order valence-corrected chi connectivity index (χ2v) is 4.98. The molecule has 2 aromatic rings. The summed E-state index contributed by atoms with van der Waals surface area (Å²) < 4.78 is 2.78. The number of imidazole rings is 2. The summed E-state index contributed by atoms with van der Waals surface area (Å²) in [6, 6.07) is 0. The molecule has 0 bridgehead atoms. The molecule has 0 aliphatic heterocycles. The molecular formula is C10H12Cl2N4. The van der Waals surface area contributed by atoms with E-state index in [1.165, 1.54) is 0 Å². The molecule has 86 valence electrons. The molecule has 0 radical (unpaired) electrons. The number of aryl methyl sites for hydroxylation is 1. The van der Waals surface area contributed by atoms with Crippen LogP contribution in [0.25, 0.3) is 0 Å². The van der Waals surface area contributed by atoms with Crippen molar-refractivity contribution in [3.05, 3.63) is 37.4 Å². The maximum absolute atomic E-state index is 6.21. The van der Waals surface area contributed by atoms with Crippen LogP contribution in [0.1, 0.15) is 12.8 Å². The number of halogens is 2. The lowest BCUT2D eigenvalue weighted by molar-refractivity contribution is 0.494. The molecule has 2 rings (SSSR count). The van der Waals surface area contributed by atoms with Crippen LogP contribution in [0.4, 0.5) is 0 Å². The van der Waals surface area contributed by atoms with Crippen LogP contribution in [0.3, 0.4) is 0 Å². The Kier molecular flexibility index (Phi) is 3.51. The van der Waals surface area contributed by atoms with Crippen LogP contribution in [0.15, 0.2) is 37.4 Å². The van der Waals surface area contributed by atoms with Crippen LogP contribution < -0.4 is 0 Å². The zero-order chi connectivity index (χ0) is 11.4. The van der Waals surface area contributed by atoms with E-state index in [1.807, 2.05) is 10.8 Å². The number of nitrogens with zero attached hydrogens (tertiary/aromatic N) is 4. The molecule has 2 aromatic heterocycles. The third-order valence-corrected chi connectivity index (χ3v) is 3.10. The van der Waals surface area contributed by atoms with E-state index in [9.17, 15) is 0 Å². The number of hydrogen-bond donors (Lipinski definition) is 0. The van der Waals surface area contributed by atoms with E-state index < -0.39 is 4.46 Å². The van der Waals surface area contributed by atoms with E-state index in [0.717, 1.165) is 13.0 Å². The van der Waals surface area contributed by atoms with Crippen molar-refractivity contribution in [3.63, 3.8) is 0 Å². The van der Waals surface area contributed by atoms with Crippen molar-refractivity contribution in [2.75, 3.05) is 0 Å². The molecule has 0 unspecified atom stereocenters. The van der Waals surface area contributed by atoms with Crippen LogP contribution in [-0.2, 0) is 11.0 Å². The van der Waals surface area contributed by atoms with Gasteiger partial charge in [-0.05, 0) is 6.42 Å². The van der Waals surface area contributed by atoms with E-state index in [-0.39, 0.29) is 0 Å². The minimum Gasteiger partial charge on any atom is -0.337 e. The Bertz CT molecular complexity index is 408. The van der Waals surface area contributed by atoms with Gasteiger partial charge in [-0.2, -0.15) is 0 Å². The minimum atomic E-state index is -0.920. The van der Waals surface area contributed by atoms with Gasteiger partial charge < -0.3 is 9.13 Å². The fourth-order valence-electron chi connectivity index (χ4n) is 1.48. The van der Waals surface area contributed by atoms with Crippen LogP contribution in [0.2, 0.25) is 0 Å². The van der Waals surface area contributed by atoms with Crippen molar-refractivity contribution in [1.29, 1.82) is 0 Å². The molecule has 6 heteroatoms. The van der Waals surface area contributed by atoms with Gasteiger partial charge in [-0.15, -0.1) is 0 Å². The summed E-state index contributed by atoms with van der Waals surface area (Å²) in [5.41, 5.74) is 0. The fourth-order valence-corrected chi connectivity index (χ4v) is 1.94. The molecule has 0 atom stereocenters. The quantitative estimate of drug-likeness (QED) is 0.774. The summed E-state index contributed by atoms with van der Waals surface area (Å²) in [6.45, 7) is 0.857. The second kappa shape index (κ2) is 4.89. The predicted molar refractivity (Wildman–Crippen MR) is 63.4 cm³/mol. The first-order valence-corrected chi connectivity index (χ1v) is 5.76. The average molecular weight is 259 g/mol. The summed E-state index contributed by atoms with van der Waals surface area (Å²) in [5.74, 6) is 0. The van der Waals surface area contributed by atoms with E-state index >= 15 is 0 Å². The standard InChI is InChI=1S/C10H12Cl2N4/c11-10(12,16-7-4-14-9-16)2-1-5-15-6-3-13-8-15/h3-4,6-9H,1-2,5H2. The van der Waals surface area contributed by atoms with Gasteiger partial charge in [0.15, 0.2) is 4.46 Å². The highest BCUT2D eigenvalue weighted by Gasteiger charge is 2.24. The van der Waals surface area contributed by atoms with Crippen molar-refractivity contribution in [2.24, 2.45) is 0 Å². The Labute approximate surface area is 104 Å². The van der Waals surface area contributed by atoms with Crippen LogP contribution in [0, 0.1) is 0 Å². The molecular weight excluding hydrogens is 247 g/mol. The predicted octanol–water partition coefficient (Wildman–Crippen LogP) is 2.65. The van der Waals surface area contributed by atoms with Gasteiger partial charge in [0.1, 0.15) is 0 Å². The van der Waals surface area contributed by atoms with E-state index in [0.29, 0.717) is 6.42 Å². The first-order chi connectivity index (χ1) is 7.68. The van der Waals surface area contributed by atoms with Gasteiger partial charge >= 0.3 is 0 Å². The maximum Gasteiger partial charge on any atom is 0.195 e. The van der Waals surface area contributed by atoms with Crippen LogP contribution in [0.5, 0.6) is 0 Å². The van der Waals surface area contributed by atoms with Crippen molar-refractivity contribution >= 4 is 23.2 Å². The van der Waals surface area contributed by atoms with Crippen molar-refractivity contribution in [1.82, 2.24) is 19.1 Å². The Balaban J connectivity index is 1.85. The number of alkyl halides is 2. The number of aromatic nitrogens is 4.